The number of hydrogen-bond acceptors (Lipinski definition) is 5. The molecule has 0 aliphatic heterocycles. The number of nitrogens with zero attached hydrogens (tertiary/aromatic N) is 5. The predicted octanol–water partition coefficient (Wildman–Crippen LogP) is 4.20. The van der Waals surface area contributed by atoms with Crippen molar-refractivity contribution in [3.63, 3.8) is 0 Å². The lowest BCUT2D eigenvalue weighted by Crippen LogP contribution is -2.06. The molecular weight excluding hydrogens is 336 g/mol. The summed E-state index contributed by atoms with van der Waals surface area (Å²) in [7, 11) is 0. The summed E-state index contributed by atoms with van der Waals surface area (Å²) in [5, 5.41) is 12.2. The zero-order valence-electron chi connectivity index (χ0n) is 15.1. The first-order valence-electron chi connectivity index (χ1n) is 9.25. The summed E-state index contributed by atoms with van der Waals surface area (Å²) in [4.78, 5) is 9.57. The van der Waals surface area contributed by atoms with Crippen molar-refractivity contribution in [1.82, 2.24) is 25.0 Å². The maximum absolute atomic E-state index is 4.80. The van der Waals surface area contributed by atoms with Gasteiger partial charge in [-0.2, -0.15) is 0 Å². The SMILES string of the molecule is Cc1cccc(Nc2nc(C3CC3)nc3c2nnn3Cc2ccccc2)c1. The summed E-state index contributed by atoms with van der Waals surface area (Å²) in [5.41, 5.74) is 4.85. The molecule has 4 aromatic rings. The van der Waals surface area contributed by atoms with E-state index in [0.717, 1.165) is 35.8 Å². The minimum atomic E-state index is 0.451. The van der Waals surface area contributed by atoms with Crippen molar-refractivity contribution < 1.29 is 0 Å². The molecule has 1 aliphatic carbocycles. The lowest BCUT2D eigenvalue weighted by atomic mass is 10.2. The van der Waals surface area contributed by atoms with Gasteiger partial charge in [0.15, 0.2) is 17.0 Å². The van der Waals surface area contributed by atoms with Crippen LogP contribution in [0.5, 0.6) is 0 Å². The molecular formula is C21H20N6. The van der Waals surface area contributed by atoms with E-state index in [2.05, 4.69) is 46.8 Å². The van der Waals surface area contributed by atoms with E-state index in [4.69, 9.17) is 9.97 Å². The third-order valence-electron chi connectivity index (χ3n) is 4.78. The molecule has 2 aromatic carbocycles. The summed E-state index contributed by atoms with van der Waals surface area (Å²) in [5.74, 6) is 2.06. The molecule has 6 heteroatoms. The third-order valence-corrected chi connectivity index (χ3v) is 4.78. The highest BCUT2D eigenvalue weighted by atomic mass is 15.4. The first kappa shape index (κ1) is 15.9. The minimum Gasteiger partial charge on any atom is -0.338 e. The Morgan fingerprint density at radius 1 is 1.04 bits per heavy atom. The van der Waals surface area contributed by atoms with Crippen molar-refractivity contribution in [3.8, 4) is 0 Å². The molecule has 1 N–H and O–H groups in total. The van der Waals surface area contributed by atoms with Gasteiger partial charge in [-0.3, -0.25) is 0 Å². The Kier molecular flexibility index (Phi) is 3.81. The van der Waals surface area contributed by atoms with Crippen LogP contribution in [0.2, 0.25) is 0 Å². The number of aryl methyl sites for hydroxylation is 1. The van der Waals surface area contributed by atoms with Crippen LogP contribution in [-0.2, 0) is 6.54 Å². The van der Waals surface area contributed by atoms with Crippen molar-refractivity contribution in [2.45, 2.75) is 32.2 Å². The highest BCUT2D eigenvalue weighted by molar-refractivity contribution is 5.85. The maximum Gasteiger partial charge on any atom is 0.184 e. The Balaban J connectivity index is 1.58. The predicted molar refractivity (Wildman–Crippen MR) is 105 cm³/mol. The van der Waals surface area contributed by atoms with Crippen LogP contribution in [0.3, 0.4) is 0 Å². The van der Waals surface area contributed by atoms with Crippen LogP contribution in [0.25, 0.3) is 11.2 Å². The number of nitrogens with one attached hydrogen (secondary N) is 1. The number of rotatable bonds is 5. The van der Waals surface area contributed by atoms with Crippen LogP contribution in [0.1, 0.15) is 35.7 Å². The summed E-state index contributed by atoms with van der Waals surface area (Å²) in [6.45, 7) is 2.72. The van der Waals surface area contributed by atoms with E-state index >= 15 is 0 Å². The molecule has 1 fully saturated rings. The molecule has 5 rings (SSSR count). The molecule has 0 spiro atoms. The van der Waals surface area contributed by atoms with Crippen LogP contribution in [0.4, 0.5) is 11.5 Å². The van der Waals surface area contributed by atoms with Gasteiger partial charge in [0.2, 0.25) is 0 Å². The zero-order chi connectivity index (χ0) is 18.2. The van der Waals surface area contributed by atoms with Crippen molar-refractivity contribution in [1.29, 1.82) is 0 Å². The van der Waals surface area contributed by atoms with Crippen molar-refractivity contribution in [2.75, 3.05) is 5.32 Å². The summed E-state index contributed by atoms with van der Waals surface area (Å²) >= 11 is 0. The Labute approximate surface area is 157 Å². The van der Waals surface area contributed by atoms with Gasteiger partial charge in [-0.25, -0.2) is 14.6 Å². The van der Waals surface area contributed by atoms with Crippen LogP contribution >= 0.6 is 0 Å². The van der Waals surface area contributed by atoms with E-state index in [-0.39, 0.29) is 0 Å². The number of hydrogen-bond donors (Lipinski definition) is 1. The van der Waals surface area contributed by atoms with Crippen molar-refractivity contribution >= 4 is 22.7 Å². The van der Waals surface area contributed by atoms with E-state index < -0.39 is 0 Å². The van der Waals surface area contributed by atoms with Gasteiger partial charge in [-0.15, -0.1) is 5.10 Å². The average Bonchev–Trinajstić information content (AvgIpc) is 3.45. The molecule has 0 atom stereocenters. The quantitative estimate of drug-likeness (QED) is 0.580. The van der Waals surface area contributed by atoms with E-state index in [1.165, 1.54) is 11.1 Å². The Bertz CT molecular complexity index is 1100. The topological polar surface area (TPSA) is 68.5 Å². The van der Waals surface area contributed by atoms with Gasteiger partial charge < -0.3 is 5.32 Å². The Morgan fingerprint density at radius 2 is 1.89 bits per heavy atom. The normalized spacial score (nSPS) is 13.8. The second-order valence-corrected chi connectivity index (χ2v) is 7.10. The summed E-state index contributed by atoms with van der Waals surface area (Å²) < 4.78 is 1.86. The van der Waals surface area contributed by atoms with E-state index in [9.17, 15) is 0 Å². The number of aromatic nitrogens is 5. The second-order valence-electron chi connectivity index (χ2n) is 7.10. The summed E-state index contributed by atoms with van der Waals surface area (Å²) in [6, 6.07) is 18.5. The number of fused-ring (bicyclic) bond motifs is 1. The molecule has 0 unspecified atom stereocenters. The van der Waals surface area contributed by atoms with E-state index in [0.29, 0.717) is 18.0 Å². The van der Waals surface area contributed by atoms with E-state index in [1.807, 2.05) is 35.0 Å². The fourth-order valence-corrected chi connectivity index (χ4v) is 3.21. The van der Waals surface area contributed by atoms with Gasteiger partial charge >= 0.3 is 0 Å². The second kappa shape index (κ2) is 6.46. The Hall–Kier alpha value is -3.28. The van der Waals surface area contributed by atoms with E-state index in [1.54, 1.807) is 0 Å². The van der Waals surface area contributed by atoms with Gasteiger partial charge in [0.1, 0.15) is 5.82 Å². The zero-order valence-corrected chi connectivity index (χ0v) is 15.1. The average molecular weight is 356 g/mol. The molecule has 1 saturated carbocycles. The van der Waals surface area contributed by atoms with Crippen molar-refractivity contribution in [3.05, 3.63) is 71.5 Å². The maximum atomic E-state index is 4.80. The third kappa shape index (κ3) is 3.26. The molecule has 0 bridgehead atoms. The van der Waals surface area contributed by atoms with Crippen molar-refractivity contribution in [2.24, 2.45) is 0 Å². The van der Waals surface area contributed by atoms with Crippen LogP contribution in [0.15, 0.2) is 54.6 Å². The first-order valence-corrected chi connectivity index (χ1v) is 9.25. The molecule has 0 saturated heterocycles. The lowest BCUT2D eigenvalue weighted by Gasteiger charge is -2.09. The smallest absolute Gasteiger partial charge is 0.184 e. The van der Waals surface area contributed by atoms with Crippen LogP contribution in [-0.4, -0.2) is 25.0 Å². The molecule has 2 heterocycles. The van der Waals surface area contributed by atoms with Gasteiger partial charge in [0.05, 0.1) is 6.54 Å². The molecule has 27 heavy (non-hydrogen) atoms. The van der Waals surface area contributed by atoms with Gasteiger partial charge in [-0.05, 0) is 43.0 Å². The number of benzene rings is 2. The Morgan fingerprint density at radius 3 is 2.67 bits per heavy atom. The fourth-order valence-electron chi connectivity index (χ4n) is 3.21. The monoisotopic (exact) mass is 356 g/mol. The van der Waals surface area contributed by atoms with Crippen LogP contribution in [0, 0.1) is 6.92 Å². The summed E-state index contributed by atoms with van der Waals surface area (Å²) in [6.07, 6.45) is 2.30. The first-order chi connectivity index (χ1) is 13.3. The highest BCUT2D eigenvalue weighted by Crippen LogP contribution is 2.39. The largest absolute Gasteiger partial charge is 0.338 e. The molecule has 6 nitrogen and oxygen atoms in total. The molecule has 0 radical (unpaired) electrons. The molecule has 1 aliphatic rings. The van der Waals surface area contributed by atoms with Crippen LogP contribution < -0.4 is 5.32 Å². The highest BCUT2D eigenvalue weighted by Gasteiger charge is 2.29. The molecule has 2 aromatic heterocycles. The molecule has 134 valence electrons. The van der Waals surface area contributed by atoms with Gasteiger partial charge in [-0.1, -0.05) is 47.7 Å². The lowest BCUT2D eigenvalue weighted by molar-refractivity contribution is 0.662. The number of anilines is 2. The van der Waals surface area contributed by atoms with Gasteiger partial charge in [0.25, 0.3) is 0 Å². The minimum absolute atomic E-state index is 0.451. The van der Waals surface area contributed by atoms with Gasteiger partial charge in [0, 0.05) is 11.6 Å². The standard InChI is InChI=1S/C21H20N6/c1-14-6-5-9-17(12-14)22-20-18-21(24-19(23-20)16-10-11-16)27(26-25-18)13-15-7-3-2-4-8-15/h2-9,12,16H,10-11,13H2,1H3,(H,22,23,24). The molecule has 0 amide bonds. The fraction of sp³-hybridized carbons (Fsp3) is 0.238.